The van der Waals surface area contributed by atoms with Gasteiger partial charge in [-0.3, -0.25) is 23.9 Å². The van der Waals surface area contributed by atoms with Gasteiger partial charge in [0.2, 0.25) is 11.7 Å². The van der Waals surface area contributed by atoms with Crippen molar-refractivity contribution in [1.29, 1.82) is 0 Å². The maximum Gasteiger partial charge on any atom is 0.321 e. The van der Waals surface area contributed by atoms with Crippen molar-refractivity contribution in [2.75, 3.05) is 5.75 Å². The Labute approximate surface area is 194 Å². The number of carbonyl (C=O) groups is 2. The number of thioether (sulfide) groups is 1. The summed E-state index contributed by atoms with van der Waals surface area (Å²) in [5.41, 5.74) is 1.51. The first kappa shape index (κ1) is 22.5. The van der Waals surface area contributed by atoms with E-state index in [0.717, 1.165) is 30.2 Å². The number of rotatable bonds is 8. The topological polar surface area (TPSA) is 110 Å². The molecule has 0 spiro atoms. The zero-order chi connectivity index (χ0) is 23.2. The molecule has 33 heavy (non-hydrogen) atoms. The molecule has 2 N–H and O–H groups in total. The molecule has 0 atom stereocenters. The van der Waals surface area contributed by atoms with Gasteiger partial charge in [0.25, 0.3) is 5.56 Å². The smallest absolute Gasteiger partial charge is 0.321 e. The summed E-state index contributed by atoms with van der Waals surface area (Å²) in [6.45, 7) is 2.92. The number of nitrogens with zero attached hydrogens (tertiary/aromatic N) is 4. The van der Waals surface area contributed by atoms with E-state index < -0.39 is 11.9 Å². The zero-order valence-electron chi connectivity index (χ0n) is 18.2. The van der Waals surface area contributed by atoms with Gasteiger partial charge in [0.1, 0.15) is 0 Å². The lowest BCUT2D eigenvalue weighted by Gasteiger charge is -2.11. The molecule has 0 aliphatic carbocycles. The molecule has 0 aliphatic heterocycles. The number of aromatic nitrogens is 4. The third kappa shape index (κ3) is 5.06. The van der Waals surface area contributed by atoms with E-state index in [4.69, 9.17) is 0 Å². The lowest BCUT2D eigenvalue weighted by Crippen LogP contribution is -2.39. The van der Waals surface area contributed by atoms with Crippen molar-refractivity contribution in [3.8, 4) is 0 Å². The second-order valence-electron chi connectivity index (χ2n) is 7.45. The van der Waals surface area contributed by atoms with Gasteiger partial charge in [-0.05, 0) is 24.1 Å². The van der Waals surface area contributed by atoms with Crippen LogP contribution in [0.2, 0.25) is 0 Å². The lowest BCUT2D eigenvalue weighted by atomic mass is 10.2. The van der Waals surface area contributed by atoms with Crippen molar-refractivity contribution in [1.82, 2.24) is 29.8 Å². The minimum atomic E-state index is -0.561. The maximum atomic E-state index is 13.0. The molecule has 2 aromatic carbocycles. The van der Waals surface area contributed by atoms with Gasteiger partial charge in [0.05, 0.1) is 16.7 Å². The SMILES string of the molecule is CCCCn1c(=O)c2ccccc2n2c(SCC(=O)NC(=O)NCc3ccccc3)nnc12. The largest absolute Gasteiger partial charge is 0.334 e. The van der Waals surface area contributed by atoms with E-state index >= 15 is 0 Å². The van der Waals surface area contributed by atoms with Crippen molar-refractivity contribution in [3.63, 3.8) is 0 Å². The second-order valence-corrected chi connectivity index (χ2v) is 8.39. The van der Waals surface area contributed by atoms with Crippen LogP contribution in [-0.4, -0.2) is 36.9 Å². The van der Waals surface area contributed by atoms with Crippen LogP contribution in [0.25, 0.3) is 16.7 Å². The molecule has 0 fully saturated rings. The number of fused-ring (bicyclic) bond motifs is 3. The van der Waals surface area contributed by atoms with Gasteiger partial charge in [0.15, 0.2) is 5.16 Å². The number of para-hydroxylation sites is 1. The van der Waals surface area contributed by atoms with Crippen LogP contribution in [0.4, 0.5) is 4.79 Å². The molecule has 0 radical (unpaired) electrons. The number of amides is 3. The standard InChI is InChI=1S/C23H24N6O3S/c1-2-3-13-28-20(31)17-11-7-8-12-18(17)29-22(28)26-27-23(29)33-15-19(30)25-21(32)24-14-16-9-5-4-6-10-16/h4-12H,2-3,13-15H2,1H3,(H2,24,25,30,32). The lowest BCUT2D eigenvalue weighted by molar-refractivity contribution is -0.117. The molecule has 10 heteroatoms. The highest BCUT2D eigenvalue weighted by Crippen LogP contribution is 2.21. The van der Waals surface area contributed by atoms with E-state index in [9.17, 15) is 14.4 Å². The molecule has 2 heterocycles. The van der Waals surface area contributed by atoms with Crippen LogP contribution >= 0.6 is 11.8 Å². The first-order valence-corrected chi connectivity index (χ1v) is 11.7. The van der Waals surface area contributed by atoms with Gasteiger partial charge >= 0.3 is 6.03 Å². The molecule has 2 aromatic heterocycles. The highest BCUT2D eigenvalue weighted by molar-refractivity contribution is 7.99. The Bertz CT molecular complexity index is 1350. The molecule has 3 amide bonds. The molecule has 4 aromatic rings. The van der Waals surface area contributed by atoms with E-state index in [1.807, 2.05) is 48.5 Å². The predicted octanol–water partition coefficient (Wildman–Crippen LogP) is 2.96. The number of imide groups is 1. The van der Waals surface area contributed by atoms with Crippen LogP contribution in [0.1, 0.15) is 25.3 Å². The molecule has 9 nitrogen and oxygen atoms in total. The van der Waals surface area contributed by atoms with Crippen LogP contribution in [-0.2, 0) is 17.9 Å². The van der Waals surface area contributed by atoms with E-state index in [1.54, 1.807) is 15.0 Å². The van der Waals surface area contributed by atoms with E-state index in [-0.39, 0.29) is 11.3 Å². The summed E-state index contributed by atoms with van der Waals surface area (Å²) in [5, 5.41) is 14.5. The van der Waals surface area contributed by atoms with E-state index in [0.29, 0.717) is 34.9 Å². The highest BCUT2D eigenvalue weighted by atomic mass is 32.2. The summed E-state index contributed by atoms with van der Waals surface area (Å²) in [6.07, 6.45) is 1.78. The monoisotopic (exact) mass is 464 g/mol. The molecular formula is C23H24N6O3S. The van der Waals surface area contributed by atoms with Crippen LogP contribution in [0, 0.1) is 0 Å². The average Bonchev–Trinajstić information content (AvgIpc) is 3.26. The van der Waals surface area contributed by atoms with E-state index in [2.05, 4.69) is 27.8 Å². The summed E-state index contributed by atoms with van der Waals surface area (Å²) < 4.78 is 3.42. The molecular weight excluding hydrogens is 440 g/mol. The van der Waals surface area contributed by atoms with Crippen molar-refractivity contribution >= 4 is 40.4 Å². The van der Waals surface area contributed by atoms with E-state index in [1.165, 1.54) is 0 Å². The third-order valence-electron chi connectivity index (χ3n) is 5.09. The Morgan fingerprint density at radius 3 is 2.58 bits per heavy atom. The number of aryl methyl sites for hydroxylation is 1. The number of hydrogen-bond donors (Lipinski definition) is 2. The van der Waals surface area contributed by atoms with Crippen molar-refractivity contribution in [2.24, 2.45) is 0 Å². The normalized spacial score (nSPS) is 11.1. The minimum Gasteiger partial charge on any atom is -0.334 e. The van der Waals surface area contributed by atoms with Crippen LogP contribution < -0.4 is 16.2 Å². The Kier molecular flexibility index (Phi) is 7.04. The molecule has 0 saturated heterocycles. The minimum absolute atomic E-state index is 0.0258. The molecule has 170 valence electrons. The quantitative estimate of drug-likeness (QED) is 0.388. The van der Waals surface area contributed by atoms with Crippen LogP contribution in [0.15, 0.2) is 64.5 Å². The molecule has 0 aliphatic rings. The van der Waals surface area contributed by atoms with Crippen molar-refractivity contribution in [2.45, 2.75) is 38.0 Å². The number of hydrogen-bond acceptors (Lipinski definition) is 6. The number of benzene rings is 2. The van der Waals surface area contributed by atoms with Gasteiger partial charge in [-0.25, -0.2) is 4.79 Å². The summed E-state index contributed by atoms with van der Waals surface area (Å²) in [5.74, 6) is -0.0383. The second kappa shape index (κ2) is 10.3. The Morgan fingerprint density at radius 1 is 1.03 bits per heavy atom. The Balaban J connectivity index is 1.48. The fraction of sp³-hybridized carbons (Fsp3) is 0.261. The van der Waals surface area contributed by atoms with Gasteiger partial charge in [-0.1, -0.05) is 67.6 Å². The number of carbonyl (C=O) groups excluding carboxylic acids is 2. The van der Waals surface area contributed by atoms with Crippen molar-refractivity contribution in [3.05, 3.63) is 70.5 Å². The first-order chi connectivity index (χ1) is 16.1. The number of urea groups is 1. The average molecular weight is 465 g/mol. The summed E-state index contributed by atoms with van der Waals surface area (Å²) in [6, 6.07) is 16.1. The molecule has 0 saturated carbocycles. The van der Waals surface area contributed by atoms with Gasteiger partial charge in [-0.15, -0.1) is 10.2 Å². The summed E-state index contributed by atoms with van der Waals surface area (Å²) in [4.78, 5) is 37.3. The first-order valence-electron chi connectivity index (χ1n) is 10.7. The zero-order valence-corrected chi connectivity index (χ0v) is 19.0. The predicted molar refractivity (Wildman–Crippen MR) is 127 cm³/mol. The Hall–Kier alpha value is -3.66. The van der Waals surface area contributed by atoms with Crippen molar-refractivity contribution < 1.29 is 9.59 Å². The fourth-order valence-electron chi connectivity index (χ4n) is 3.46. The molecule has 4 rings (SSSR count). The summed E-state index contributed by atoms with van der Waals surface area (Å²) in [7, 11) is 0. The Morgan fingerprint density at radius 2 is 1.79 bits per heavy atom. The number of unbranched alkanes of at least 4 members (excludes halogenated alkanes) is 1. The van der Waals surface area contributed by atoms with Crippen LogP contribution in [0.5, 0.6) is 0 Å². The summed E-state index contributed by atoms with van der Waals surface area (Å²) >= 11 is 1.16. The molecule has 0 bridgehead atoms. The highest BCUT2D eigenvalue weighted by Gasteiger charge is 2.18. The molecule has 0 unspecified atom stereocenters. The van der Waals surface area contributed by atoms with Gasteiger partial charge < -0.3 is 5.32 Å². The van der Waals surface area contributed by atoms with Crippen LogP contribution in [0.3, 0.4) is 0 Å². The third-order valence-corrected chi connectivity index (χ3v) is 6.02. The van der Waals surface area contributed by atoms with Gasteiger partial charge in [-0.2, -0.15) is 0 Å². The fourth-order valence-corrected chi connectivity index (χ4v) is 4.20. The number of nitrogens with one attached hydrogen (secondary N) is 2. The maximum absolute atomic E-state index is 13.0. The van der Waals surface area contributed by atoms with Gasteiger partial charge in [0, 0.05) is 13.1 Å².